The fourth-order valence-electron chi connectivity index (χ4n) is 2.78. The third-order valence-electron chi connectivity index (χ3n) is 4.12. The number of halogens is 2. The molecular formula is C17H18ClFN2O2S. The molecule has 1 N–H and O–H groups in total. The number of hydrogen-bond acceptors (Lipinski definition) is 4. The summed E-state index contributed by atoms with van der Waals surface area (Å²) >= 11 is 7.51. The van der Waals surface area contributed by atoms with Gasteiger partial charge in [-0.3, -0.25) is 9.69 Å². The van der Waals surface area contributed by atoms with Crippen molar-refractivity contribution >= 4 is 28.8 Å². The zero-order valence-electron chi connectivity index (χ0n) is 13.0. The fraction of sp³-hybridized carbons (Fsp3) is 0.353. The van der Waals surface area contributed by atoms with E-state index in [9.17, 15) is 14.3 Å². The van der Waals surface area contributed by atoms with Crippen LogP contribution in [0.2, 0.25) is 5.02 Å². The molecule has 0 radical (unpaired) electrons. The molecule has 4 nitrogen and oxygen atoms in total. The monoisotopic (exact) mass is 368 g/mol. The molecule has 7 heteroatoms. The quantitative estimate of drug-likeness (QED) is 0.902. The maximum absolute atomic E-state index is 13.1. The Kier molecular flexibility index (Phi) is 5.50. The highest BCUT2D eigenvalue weighted by Gasteiger charge is 2.25. The first-order chi connectivity index (χ1) is 11.5. The largest absolute Gasteiger partial charge is 0.386 e. The van der Waals surface area contributed by atoms with Gasteiger partial charge in [-0.05, 0) is 29.6 Å². The Balaban J connectivity index is 1.55. The fourth-order valence-corrected chi connectivity index (χ4v) is 3.73. The Morgan fingerprint density at radius 3 is 2.67 bits per heavy atom. The Hall–Kier alpha value is -1.47. The van der Waals surface area contributed by atoms with E-state index in [1.165, 1.54) is 23.5 Å². The average Bonchev–Trinajstić information content (AvgIpc) is 3.09. The van der Waals surface area contributed by atoms with E-state index >= 15 is 0 Å². The van der Waals surface area contributed by atoms with Crippen molar-refractivity contribution in [3.05, 3.63) is 57.0 Å². The summed E-state index contributed by atoms with van der Waals surface area (Å²) in [6.45, 7) is 3.05. The molecule has 2 aromatic rings. The molecule has 24 heavy (non-hydrogen) atoms. The number of benzene rings is 1. The van der Waals surface area contributed by atoms with Gasteiger partial charge in [0.05, 0.1) is 10.6 Å². The summed E-state index contributed by atoms with van der Waals surface area (Å²) in [4.78, 5) is 17.3. The van der Waals surface area contributed by atoms with Crippen molar-refractivity contribution < 1.29 is 14.3 Å². The van der Waals surface area contributed by atoms with E-state index in [2.05, 4.69) is 4.90 Å². The predicted molar refractivity (Wildman–Crippen MR) is 93.0 cm³/mol. The molecule has 2 heterocycles. The molecule has 1 atom stereocenters. The Bertz CT molecular complexity index is 703. The topological polar surface area (TPSA) is 43.8 Å². The van der Waals surface area contributed by atoms with Gasteiger partial charge >= 0.3 is 0 Å². The second-order valence-corrected chi connectivity index (χ2v) is 7.13. The molecule has 0 aliphatic carbocycles. The number of aliphatic hydroxyl groups excluding tert-OH is 1. The van der Waals surface area contributed by atoms with Gasteiger partial charge in [0.2, 0.25) is 0 Å². The number of thiophene rings is 1. The van der Waals surface area contributed by atoms with Gasteiger partial charge in [0, 0.05) is 37.6 Å². The van der Waals surface area contributed by atoms with Gasteiger partial charge in [0.15, 0.2) is 0 Å². The van der Waals surface area contributed by atoms with E-state index in [0.29, 0.717) is 38.3 Å². The van der Waals surface area contributed by atoms with Crippen LogP contribution in [0.3, 0.4) is 0 Å². The number of hydrogen-bond donors (Lipinski definition) is 1. The molecule has 1 aromatic heterocycles. The molecule has 1 aliphatic heterocycles. The molecule has 1 saturated heterocycles. The van der Waals surface area contributed by atoms with Crippen molar-refractivity contribution in [2.45, 2.75) is 6.10 Å². The van der Waals surface area contributed by atoms with Crippen LogP contribution >= 0.6 is 22.9 Å². The lowest BCUT2D eigenvalue weighted by atomic mass is 10.1. The van der Waals surface area contributed by atoms with E-state index in [4.69, 9.17) is 11.6 Å². The number of piperazine rings is 1. The summed E-state index contributed by atoms with van der Waals surface area (Å²) in [5.41, 5.74) is 0.324. The van der Waals surface area contributed by atoms with Crippen LogP contribution in [0.4, 0.5) is 4.39 Å². The zero-order chi connectivity index (χ0) is 17.1. The summed E-state index contributed by atoms with van der Waals surface area (Å²) in [7, 11) is 0. The van der Waals surface area contributed by atoms with Crippen molar-refractivity contribution in [2.75, 3.05) is 32.7 Å². The lowest BCUT2D eigenvalue weighted by Crippen LogP contribution is -2.49. The smallest absolute Gasteiger partial charge is 0.255 e. The van der Waals surface area contributed by atoms with Crippen LogP contribution in [0.1, 0.15) is 21.3 Å². The minimum atomic E-state index is -0.501. The molecule has 0 saturated carbocycles. The van der Waals surface area contributed by atoms with Crippen molar-refractivity contribution in [1.82, 2.24) is 9.80 Å². The number of β-amino-alcohol motifs (C(OH)–C–C–N with tert-alkyl or cyclic N) is 1. The summed E-state index contributed by atoms with van der Waals surface area (Å²) in [5.74, 6) is -0.637. The van der Waals surface area contributed by atoms with E-state index in [-0.39, 0.29) is 10.9 Å². The van der Waals surface area contributed by atoms with Crippen molar-refractivity contribution in [1.29, 1.82) is 0 Å². The molecule has 1 aliphatic rings. The normalized spacial score (nSPS) is 17.0. The van der Waals surface area contributed by atoms with Crippen LogP contribution in [-0.2, 0) is 0 Å². The van der Waals surface area contributed by atoms with Crippen LogP contribution in [-0.4, -0.2) is 53.5 Å². The molecule has 3 rings (SSSR count). The van der Waals surface area contributed by atoms with Crippen LogP contribution in [0.5, 0.6) is 0 Å². The Morgan fingerprint density at radius 2 is 2.04 bits per heavy atom. The van der Waals surface area contributed by atoms with Gasteiger partial charge in [-0.1, -0.05) is 17.7 Å². The number of carbonyl (C=O) groups is 1. The Morgan fingerprint density at radius 1 is 1.29 bits per heavy atom. The van der Waals surface area contributed by atoms with Crippen LogP contribution < -0.4 is 0 Å². The van der Waals surface area contributed by atoms with Gasteiger partial charge in [-0.2, -0.15) is 0 Å². The van der Waals surface area contributed by atoms with Gasteiger partial charge in [-0.15, -0.1) is 11.3 Å². The third-order valence-corrected chi connectivity index (χ3v) is 5.41. The maximum atomic E-state index is 13.1. The molecule has 1 fully saturated rings. The maximum Gasteiger partial charge on any atom is 0.255 e. The first kappa shape index (κ1) is 17.4. The number of nitrogens with zero attached hydrogens (tertiary/aromatic N) is 2. The first-order valence-corrected chi connectivity index (χ1v) is 8.98. The molecule has 0 bridgehead atoms. The molecule has 0 spiro atoms. The summed E-state index contributed by atoms with van der Waals surface area (Å²) in [6, 6.07) is 7.67. The number of aliphatic hydroxyl groups is 1. The highest BCUT2D eigenvalue weighted by Crippen LogP contribution is 2.22. The molecule has 1 aromatic carbocycles. The lowest BCUT2D eigenvalue weighted by molar-refractivity contribution is 0.0533. The average molecular weight is 369 g/mol. The van der Waals surface area contributed by atoms with Gasteiger partial charge in [0.25, 0.3) is 5.91 Å². The lowest BCUT2D eigenvalue weighted by Gasteiger charge is -2.35. The summed E-state index contributed by atoms with van der Waals surface area (Å²) < 4.78 is 13.1. The predicted octanol–water partition coefficient (Wildman–Crippen LogP) is 3.03. The van der Waals surface area contributed by atoms with Crippen LogP contribution in [0.25, 0.3) is 0 Å². The highest BCUT2D eigenvalue weighted by atomic mass is 35.5. The van der Waals surface area contributed by atoms with Crippen molar-refractivity contribution in [3.63, 3.8) is 0 Å². The van der Waals surface area contributed by atoms with Gasteiger partial charge in [-0.25, -0.2) is 4.39 Å². The summed E-state index contributed by atoms with van der Waals surface area (Å²) in [6.07, 6.45) is -0.501. The van der Waals surface area contributed by atoms with E-state index in [0.717, 1.165) is 10.9 Å². The minimum Gasteiger partial charge on any atom is -0.386 e. The van der Waals surface area contributed by atoms with Crippen LogP contribution in [0.15, 0.2) is 35.7 Å². The van der Waals surface area contributed by atoms with Crippen LogP contribution in [0, 0.1) is 5.82 Å². The SMILES string of the molecule is O=C(c1ccc(F)cc1Cl)N1CCN(CC(O)c2cccs2)CC1. The van der Waals surface area contributed by atoms with E-state index in [1.807, 2.05) is 17.5 Å². The first-order valence-electron chi connectivity index (χ1n) is 7.73. The van der Waals surface area contributed by atoms with Crippen molar-refractivity contribution in [3.8, 4) is 0 Å². The molecule has 128 valence electrons. The Labute approximate surface area is 149 Å². The standard InChI is InChI=1S/C17H18ClFN2O2S/c18-14-10-12(19)3-4-13(14)17(23)21-7-5-20(6-8-21)11-15(22)16-2-1-9-24-16/h1-4,9-10,15,22H,5-8,11H2. The third kappa shape index (κ3) is 3.95. The number of carbonyl (C=O) groups excluding carboxylic acids is 1. The second-order valence-electron chi connectivity index (χ2n) is 5.75. The number of amides is 1. The van der Waals surface area contributed by atoms with E-state index < -0.39 is 11.9 Å². The number of rotatable bonds is 4. The highest BCUT2D eigenvalue weighted by molar-refractivity contribution is 7.10. The summed E-state index contributed by atoms with van der Waals surface area (Å²) in [5, 5.41) is 12.3. The second kappa shape index (κ2) is 7.61. The molecule has 1 amide bonds. The van der Waals surface area contributed by atoms with Gasteiger partial charge in [0.1, 0.15) is 11.9 Å². The molecular weight excluding hydrogens is 351 g/mol. The van der Waals surface area contributed by atoms with E-state index in [1.54, 1.807) is 4.90 Å². The minimum absolute atomic E-state index is 0.135. The molecule has 1 unspecified atom stereocenters. The van der Waals surface area contributed by atoms with Crippen molar-refractivity contribution in [2.24, 2.45) is 0 Å². The van der Waals surface area contributed by atoms with Gasteiger partial charge < -0.3 is 10.0 Å². The zero-order valence-corrected chi connectivity index (χ0v) is 14.6.